The molecular formula is C18H16N2. The zero-order valence-electron chi connectivity index (χ0n) is 11.5. The predicted octanol–water partition coefficient (Wildman–Crippen LogP) is 4.37. The standard InChI is InChI=1S/C18H16N2/c1-2-14-9-17(15-5-3-7-19-12-15)11-18(10-14)16-6-4-8-20-13-16/h3-13H,2H2,1H3. The number of hydrogen-bond acceptors (Lipinski definition) is 2. The lowest BCUT2D eigenvalue weighted by Crippen LogP contribution is -1.88. The first-order valence-electron chi connectivity index (χ1n) is 6.81. The molecule has 0 spiro atoms. The number of nitrogens with zero attached hydrogens (tertiary/aromatic N) is 2. The summed E-state index contributed by atoms with van der Waals surface area (Å²) >= 11 is 0. The second kappa shape index (κ2) is 5.66. The molecule has 0 aliphatic carbocycles. The van der Waals surface area contributed by atoms with E-state index in [0.29, 0.717) is 0 Å². The molecule has 20 heavy (non-hydrogen) atoms. The number of pyridine rings is 2. The summed E-state index contributed by atoms with van der Waals surface area (Å²) in [6.45, 7) is 2.18. The minimum atomic E-state index is 1.02. The lowest BCUT2D eigenvalue weighted by atomic mass is 9.97. The zero-order chi connectivity index (χ0) is 13.8. The topological polar surface area (TPSA) is 25.8 Å². The van der Waals surface area contributed by atoms with Gasteiger partial charge in [-0.25, -0.2) is 0 Å². The Morgan fingerprint density at radius 1 is 0.750 bits per heavy atom. The number of aromatic nitrogens is 2. The Kier molecular flexibility index (Phi) is 3.55. The fourth-order valence-corrected chi connectivity index (χ4v) is 2.30. The van der Waals surface area contributed by atoms with E-state index in [1.807, 2.05) is 24.5 Å². The van der Waals surface area contributed by atoms with Crippen LogP contribution in [0.2, 0.25) is 0 Å². The minimum absolute atomic E-state index is 1.02. The Hall–Kier alpha value is -2.48. The van der Waals surface area contributed by atoms with Crippen molar-refractivity contribution in [2.45, 2.75) is 13.3 Å². The van der Waals surface area contributed by atoms with Crippen LogP contribution in [0, 0.1) is 0 Å². The van der Waals surface area contributed by atoms with E-state index >= 15 is 0 Å². The smallest absolute Gasteiger partial charge is 0.0346 e. The number of aryl methyl sites for hydroxylation is 1. The van der Waals surface area contributed by atoms with Crippen LogP contribution in [0.5, 0.6) is 0 Å². The maximum atomic E-state index is 4.21. The largest absolute Gasteiger partial charge is 0.264 e. The van der Waals surface area contributed by atoms with Gasteiger partial charge in [0.2, 0.25) is 0 Å². The summed E-state index contributed by atoms with van der Waals surface area (Å²) in [5.41, 5.74) is 6.03. The second-order valence-corrected chi connectivity index (χ2v) is 4.76. The Balaban J connectivity index is 2.13. The number of rotatable bonds is 3. The van der Waals surface area contributed by atoms with Gasteiger partial charge in [-0.15, -0.1) is 0 Å². The molecule has 0 saturated carbocycles. The molecule has 0 fully saturated rings. The normalized spacial score (nSPS) is 10.4. The number of benzene rings is 1. The molecule has 2 heterocycles. The molecule has 0 atom stereocenters. The Bertz CT molecular complexity index is 633. The molecule has 3 rings (SSSR count). The van der Waals surface area contributed by atoms with Gasteiger partial charge >= 0.3 is 0 Å². The summed E-state index contributed by atoms with van der Waals surface area (Å²) in [5.74, 6) is 0. The first-order chi connectivity index (χ1) is 9.86. The molecule has 0 amide bonds. The van der Waals surface area contributed by atoms with E-state index in [1.165, 1.54) is 16.7 Å². The van der Waals surface area contributed by atoms with Crippen molar-refractivity contribution in [2.75, 3.05) is 0 Å². The molecule has 0 aliphatic heterocycles. The lowest BCUT2D eigenvalue weighted by Gasteiger charge is -2.09. The van der Waals surface area contributed by atoms with Gasteiger partial charge in [0.05, 0.1) is 0 Å². The second-order valence-electron chi connectivity index (χ2n) is 4.76. The fraction of sp³-hybridized carbons (Fsp3) is 0.111. The SMILES string of the molecule is CCc1cc(-c2cccnc2)cc(-c2cccnc2)c1. The summed E-state index contributed by atoms with van der Waals surface area (Å²) in [5, 5.41) is 0. The molecule has 0 aliphatic rings. The van der Waals surface area contributed by atoms with Crippen molar-refractivity contribution < 1.29 is 0 Å². The molecule has 0 saturated heterocycles. The fourth-order valence-electron chi connectivity index (χ4n) is 2.30. The van der Waals surface area contributed by atoms with Crippen LogP contribution in [0.15, 0.2) is 67.3 Å². The Morgan fingerprint density at radius 2 is 1.30 bits per heavy atom. The van der Waals surface area contributed by atoms with Gasteiger partial charge in [0, 0.05) is 35.9 Å². The highest BCUT2D eigenvalue weighted by atomic mass is 14.6. The summed E-state index contributed by atoms with van der Waals surface area (Å²) in [6.07, 6.45) is 8.43. The number of hydrogen-bond donors (Lipinski definition) is 0. The van der Waals surface area contributed by atoms with E-state index < -0.39 is 0 Å². The average Bonchev–Trinajstić information content (AvgIpc) is 2.56. The van der Waals surface area contributed by atoms with E-state index in [9.17, 15) is 0 Å². The molecule has 0 radical (unpaired) electrons. The van der Waals surface area contributed by atoms with Gasteiger partial charge in [-0.05, 0) is 41.3 Å². The maximum absolute atomic E-state index is 4.21. The molecule has 3 aromatic rings. The van der Waals surface area contributed by atoms with E-state index in [0.717, 1.165) is 17.5 Å². The van der Waals surface area contributed by atoms with Crippen molar-refractivity contribution in [1.29, 1.82) is 0 Å². The van der Waals surface area contributed by atoms with Crippen LogP contribution >= 0.6 is 0 Å². The summed E-state index contributed by atoms with van der Waals surface area (Å²) in [7, 11) is 0. The van der Waals surface area contributed by atoms with Crippen molar-refractivity contribution >= 4 is 0 Å². The molecule has 98 valence electrons. The van der Waals surface area contributed by atoms with Crippen molar-refractivity contribution in [1.82, 2.24) is 9.97 Å². The van der Waals surface area contributed by atoms with Gasteiger partial charge in [0.1, 0.15) is 0 Å². The maximum Gasteiger partial charge on any atom is 0.0346 e. The molecule has 2 nitrogen and oxygen atoms in total. The van der Waals surface area contributed by atoms with Crippen LogP contribution < -0.4 is 0 Å². The van der Waals surface area contributed by atoms with Crippen molar-refractivity contribution in [3.05, 3.63) is 72.8 Å². The molecule has 0 bridgehead atoms. The highest BCUT2D eigenvalue weighted by Gasteiger charge is 2.04. The van der Waals surface area contributed by atoms with E-state index in [2.05, 4.69) is 47.2 Å². The first kappa shape index (κ1) is 12.5. The summed E-state index contributed by atoms with van der Waals surface area (Å²) < 4.78 is 0. The zero-order valence-corrected chi connectivity index (χ0v) is 11.5. The van der Waals surface area contributed by atoms with Gasteiger partial charge in [-0.2, -0.15) is 0 Å². The van der Waals surface area contributed by atoms with Gasteiger partial charge < -0.3 is 0 Å². The quantitative estimate of drug-likeness (QED) is 0.698. The molecule has 0 N–H and O–H groups in total. The summed E-state index contributed by atoms with van der Waals surface area (Å²) in [6, 6.07) is 14.8. The average molecular weight is 260 g/mol. The minimum Gasteiger partial charge on any atom is -0.264 e. The lowest BCUT2D eigenvalue weighted by molar-refractivity contribution is 1.14. The molecule has 0 unspecified atom stereocenters. The Morgan fingerprint density at radius 3 is 1.70 bits per heavy atom. The van der Waals surface area contributed by atoms with Gasteiger partial charge in [-0.3, -0.25) is 9.97 Å². The van der Waals surface area contributed by atoms with Crippen LogP contribution in [-0.2, 0) is 6.42 Å². The van der Waals surface area contributed by atoms with Gasteiger partial charge in [-0.1, -0.05) is 31.2 Å². The molecular weight excluding hydrogens is 244 g/mol. The molecule has 2 heteroatoms. The third-order valence-electron chi connectivity index (χ3n) is 3.39. The van der Waals surface area contributed by atoms with Crippen LogP contribution in [-0.4, -0.2) is 9.97 Å². The van der Waals surface area contributed by atoms with Crippen molar-refractivity contribution in [2.24, 2.45) is 0 Å². The van der Waals surface area contributed by atoms with Crippen LogP contribution in [0.25, 0.3) is 22.3 Å². The Labute approximate surface area is 119 Å². The predicted molar refractivity (Wildman–Crippen MR) is 82.3 cm³/mol. The molecule has 2 aromatic heterocycles. The summed E-state index contributed by atoms with van der Waals surface area (Å²) in [4.78, 5) is 8.41. The van der Waals surface area contributed by atoms with Gasteiger partial charge in [0.15, 0.2) is 0 Å². The van der Waals surface area contributed by atoms with Crippen molar-refractivity contribution in [3.8, 4) is 22.3 Å². The first-order valence-corrected chi connectivity index (χ1v) is 6.81. The molecule has 1 aromatic carbocycles. The van der Waals surface area contributed by atoms with Crippen LogP contribution in [0.4, 0.5) is 0 Å². The monoisotopic (exact) mass is 260 g/mol. The van der Waals surface area contributed by atoms with Crippen LogP contribution in [0.1, 0.15) is 12.5 Å². The highest BCUT2D eigenvalue weighted by molar-refractivity contribution is 5.73. The van der Waals surface area contributed by atoms with E-state index in [4.69, 9.17) is 0 Å². The van der Waals surface area contributed by atoms with E-state index in [-0.39, 0.29) is 0 Å². The highest BCUT2D eigenvalue weighted by Crippen LogP contribution is 2.27. The third-order valence-corrected chi connectivity index (χ3v) is 3.39. The van der Waals surface area contributed by atoms with Crippen molar-refractivity contribution in [3.63, 3.8) is 0 Å². The third kappa shape index (κ3) is 2.59. The van der Waals surface area contributed by atoms with Gasteiger partial charge in [0.25, 0.3) is 0 Å². The van der Waals surface area contributed by atoms with E-state index in [1.54, 1.807) is 12.4 Å². The van der Waals surface area contributed by atoms with Crippen LogP contribution in [0.3, 0.4) is 0 Å².